The van der Waals surface area contributed by atoms with E-state index in [1.807, 2.05) is 6.07 Å². The molecule has 0 unspecified atom stereocenters. The van der Waals surface area contributed by atoms with Crippen LogP contribution in [0.4, 0.5) is 13.2 Å². The lowest BCUT2D eigenvalue weighted by Crippen LogP contribution is -2.31. The predicted octanol–water partition coefficient (Wildman–Crippen LogP) is 4.06. The van der Waals surface area contributed by atoms with E-state index in [9.17, 15) is 21.6 Å². The molecule has 1 heterocycles. The van der Waals surface area contributed by atoms with Gasteiger partial charge in [-0.2, -0.15) is 22.7 Å². The van der Waals surface area contributed by atoms with E-state index in [0.29, 0.717) is 11.8 Å². The quantitative estimate of drug-likeness (QED) is 0.743. The lowest BCUT2D eigenvalue weighted by molar-refractivity contribution is -0.137. The van der Waals surface area contributed by atoms with Crippen LogP contribution in [0.3, 0.4) is 0 Å². The first kappa shape index (κ1) is 19.3. The molecule has 25 heavy (non-hydrogen) atoms. The van der Waals surface area contributed by atoms with E-state index in [1.165, 1.54) is 12.3 Å². The van der Waals surface area contributed by atoms with Gasteiger partial charge in [0.05, 0.1) is 34.4 Å². The van der Waals surface area contributed by atoms with Crippen LogP contribution in [0.1, 0.15) is 17.7 Å². The monoisotopic (exact) mass is 392 g/mol. The first-order valence-electron chi connectivity index (χ1n) is 6.92. The maximum atomic E-state index is 13.0. The summed E-state index contributed by atoms with van der Waals surface area (Å²) in [5.74, 6) is 0.298. The summed E-state index contributed by atoms with van der Waals surface area (Å²) in [5.41, 5.74) is -1.24. The van der Waals surface area contributed by atoms with Gasteiger partial charge in [0.1, 0.15) is 5.76 Å². The van der Waals surface area contributed by atoms with Crippen molar-refractivity contribution >= 4 is 21.6 Å². The average Bonchev–Trinajstić information content (AvgIpc) is 3.03. The Balaban J connectivity index is 2.44. The Hall–Kier alpha value is -2.02. The second-order valence-corrected chi connectivity index (χ2v) is 7.31. The molecule has 0 amide bonds. The molecular formula is C15H12ClF3N2O3S. The maximum Gasteiger partial charge on any atom is 0.417 e. The van der Waals surface area contributed by atoms with Crippen molar-refractivity contribution in [3.63, 3.8) is 0 Å². The molecule has 1 aromatic heterocycles. The summed E-state index contributed by atoms with van der Waals surface area (Å²) < 4.78 is 70.3. The van der Waals surface area contributed by atoms with Gasteiger partial charge in [-0.25, -0.2) is 8.42 Å². The lowest BCUT2D eigenvalue weighted by atomic mass is 10.2. The van der Waals surface area contributed by atoms with Gasteiger partial charge in [0.25, 0.3) is 0 Å². The van der Waals surface area contributed by atoms with Gasteiger partial charge in [0.2, 0.25) is 10.0 Å². The highest BCUT2D eigenvalue weighted by Crippen LogP contribution is 2.36. The molecule has 0 atom stereocenters. The van der Waals surface area contributed by atoms with Crippen LogP contribution in [0.2, 0.25) is 5.02 Å². The molecule has 5 nitrogen and oxygen atoms in total. The van der Waals surface area contributed by atoms with Crippen LogP contribution in [-0.2, 0) is 22.7 Å². The normalized spacial score (nSPS) is 12.3. The molecule has 0 saturated heterocycles. The summed E-state index contributed by atoms with van der Waals surface area (Å²) in [6.07, 6.45) is -3.57. The third-order valence-corrected chi connectivity index (χ3v) is 5.44. The third kappa shape index (κ3) is 4.54. The SMILES string of the molecule is N#CCCN(Cc1ccco1)S(=O)(=O)c1ccc(Cl)c(C(F)(F)F)c1. The van der Waals surface area contributed by atoms with Crippen molar-refractivity contribution in [2.24, 2.45) is 0 Å². The second kappa shape index (κ2) is 7.47. The Morgan fingerprint density at radius 1 is 1.28 bits per heavy atom. The Bertz CT molecular complexity index is 874. The number of rotatable bonds is 6. The van der Waals surface area contributed by atoms with Crippen LogP contribution >= 0.6 is 11.6 Å². The molecule has 0 N–H and O–H groups in total. The van der Waals surface area contributed by atoms with Crippen molar-refractivity contribution in [1.82, 2.24) is 4.31 Å². The first-order chi connectivity index (χ1) is 11.7. The van der Waals surface area contributed by atoms with Crippen LogP contribution in [0.25, 0.3) is 0 Å². The first-order valence-corrected chi connectivity index (χ1v) is 8.74. The fraction of sp³-hybridized carbons (Fsp3) is 0.267. The van der Waals surface area contributed by atoms with Crippen molar-refractivity contribution < 1.29 is 26.0 Å². The third-order valence-electron chi connectivity index (χ3n) is 3.27. The van der Waals surface area contributed by atoms with Gasteiger partial charge in [-0.05, 0) is 30.3 Å². The molecule has 2 aromatic rings. The summed E-state index contributed by atoms with van der Waals surface area (Å²) in [4.78, 5) is -0.561. The van der Waals surface area contributed by atoms with Gasteiger partial charge < -0.3 is 4.42 Å². The number of halogens is 4. The van der Waals surface area contributed by atoms with E-state index < -0.39 is 31.7 Å². The number of sulfonamides is 1. The van der Waals surface area contributed by atoms with Gasteiger partial charge in [-0.1, -0.05) is 11.6 Å². The van der Waals surface area contributed by atoms with Gasteiger partial charge in [-0.3, -0.25) is 0 Å². The van der Waals surface area contributed by atoms with E-state index in [4.69, 9.17) is 21.3 Å². The zero-order valence-corrected chi connectivity index (χ0v) is 14.2. The van der Waals surface area contributed by atoms with Crippen LogP contribution in [0.15, 0.2) is 45.9 Å². The van der Waals surface area contributed by atoms with Crippen LogP contribution < -0.4 is 0 Å². The Kier molecular flexibility index (Phi) is 5.77. The second-order valence-electron chi connectivity index (χ2n) is 4.97. The average molecular weight is 393 g/mol. The predicted molar refractivity (Wildman–Crippen MR) is 83.0 cm³/mol. The van der Waals surface area contributed by atoms with Crippen molar-refractivity contribution in [3.05, 3.63) is 52.9 Å². The molecule has 0 spiro atoms. The molecular weight excluding hydrogens is 381 g/mol. The van der Waals surface area contributed by atoms with Gasteiger partial charge in [-0.15, -0.1) is 0 Å². The minimum Gasteiger partial charge on any atom is -0.468 e. The number of nitriles is 1. The molecule has 0 aliphatic carbocycles. The minimum atomic E-state index is -4.79. The summed E-state index contributed by atoms with van der Waals surface area (Å²) in [6.45, 7) is -0.398. The van der Waals surface area contributed by atoms with Crippen molar-refractivity contribution in [1.29, 1.82) is 5.26 Å². The van der Waals surface area contributed by atoms with Crippen molar-refractivity contribution in [2.45, 2.75) is 24.0 Å². The van der Waals surface area contributed by atoms with E-state index in [2.05, 4.69) is 0 Å². The number of alkyl halides is 3. The molecule has 0 fully saturated rings. The zero-order chi connectivity index (χ0) is 18.7. The van der Waals surface area contributed by atoms with E-state index >= 15 is 0 Å². The van der Waals surface area contributed by atoms with Gasteiger partial charge in [0, 0.05) is 13.0 Å². The van der Waals surface area contributed by atoms with E-state index in [0.717, 1.165) is 16.4 Å². The molecule has 2 rings (SSSR count). The lowest BCUT2D eigenvalue weighted by Gasteiger charge is -2.21. The Morgan fingerprint density at radius 2 is 2.00 bits per heavy atom. The molecule has 134 valence electrons. The fourth-order valence-corrected chi connectivity index (χ4v) is 3.72. The molecule has 0 aliphatic heterocycles. The van der Waals surface area contributed by atoms with Gasteiger partial charge in [0.15, 0.2) is 0 Å². The van der Waals surface area contributed by atoms with Crippen molar-refractivity contribution in [3.8, 4) is 6.07 Å². The molecule has 10 heteroatoms. The number of hydrogen-bond donors (Lipinski definition) is 0. The highest BCUT2D eigenvalue weighted by Gasteiger charge is 2.35. The summed E-state index contributed by atoms with van der Waals surface area (Å²) >= 11 is 5.52. The number of nitrogens with zero attached hydrogens (tertiary/aromatic N) is 2. The Labute approximate surface area is 147 Å². The summed E-state index contributed by atoms with van der Waals surface area (Å²) in [7, 11) is -4.29. The summed E-state index contributed by atoms with van der Waals surface area (Å²) in [6, 6.07) is 7.25. The van der Waals surface area contributed by atoms with Crippen LogP contribution in [0, 0.1) is 11.3 Å². The molecule has 0 radical (unpaired) electrons. The van der Waals surface area contributed by atoms with E-state index in [1.54, 1.807) is 6.07 Å². The molecule has 0 bridgehead atoms. The number of benzene rings is 1. The van der Waals surface area contributed by atoms with Crippen LogP contribution in [-0.4, -0.2) is 19.3 Å². The molecule has 0 saturated carbocycles. The van der Waals surface area contributed by atoms with Crippen LogP contribution in [0.5, 0.6) is 0 Å². The standard InChI is InChI=1S/C15H12ClF3N2O3S/c16-14-5-4-12(9-13(14)15(17,18)19)25(22,23)21(7-2-6-20)10-11-3-1-8-24-11/h1,3-5,8-9H,2,7,10H2. The maximum absolute atomic E-state index is 13.0. The Morgan fingerprint density at radius 3 is 2.56 bits per heavy atom. The van der Waals surface area contributed by atoms with E-state index in [-0.39, 0.29) is 19.5 Å². The van der Waals surface area contributed by atoms with Gasteiger partial charge >= 0.3 is 6.18 Å². The zero-order valence-electron chi connectivity index (χ0n) is 12.6. The highest BCUT2D eigenvalue weighted by atomic mass is 35.5. The minimum absolute atomic E-state index is 0.125. The fourth-order valence-electron chi connectivity index (χ4n) is 2.07. The molecule has 0 aliphatic rings. The topological polar surface area (TPSA) is 74.3 Å². The summed E-state index contributed by atoms with van der Waals surface area (Å²) in [5, 5.41) is 8.11. The number of hydrogen-bond acceptors (Lipinski definition) is 4. The smallest absolute Gasteiger partial charge is 0.417 e. The number of furan rings is 1. The van der Waals surface area contributed by atoms with Crippen molar-refractivity contribution in [2.75, 3.05) is 6.54 Å². The highest BCUT2D eigenvalue weighted by molar-refractivity contribution is 7.89. The molecule has 1 aromatic carbocycles. The largest absolute Gasteiger partial charge is 0.468 e.